The number of rotatable bonds is 4. The molecule has 1 aromatic heterocycles. The Balaban J connectivity index is 1.64. The number of carbonyl (C=O) groups is 3. The summed E-state index contributed by atoms with van der Waals surface area (Å²) in [6.45, 7) is 0. The number of aromatic carboxylic acids is 1. The quantitative estimate of drug-likeness (QED) is 0.323. The van der Waals surface area contributed by atoms with E-state index in [-0.39, 0.29) is 16.9 Å². The van der Waals surface area contributed by atoms with Crippen LogP contribution in [0.2, 0.25) is 0 Å². The van der Waals surface area contributed by atoms with Gasteiger partial charge in [0.1, 0.15) is 17.1 Å². The van der Waals surface area contributed by atoms with Crippen molar-refractivity contribution < 1.29 is 23.9 Å². The third-order valence-electron chi connectivity index (χ3n) is 4.31. The molecule has 0 saturated carbocycles. The number of carbonyl (C=O) groups excluding carboxylic acids is 2. The second-order valence-corrected chi connectivity index (χ2v) is 7.41. The Morgan fingerprint density at radius 2 is 1.76 bits per heavy atom. The molecule has 0 bridgehead atoms. The van der Waals surface area contributed by atoms with E-state index >= 15 is 0 Å². The maximum atomic E-state index is 12.7. The predicted octanol–water partition coefficient (Wildman–Crippen LogP) is 3.71. The summed E-state index contributed by atoms with van der Waals surface area (Å²) in [6, 6.07) is 16.7. The Morgan fingerprint density at radius 3 is 2.48 bits per heavy atom. The average molecular weight is 500 g/mol. The summed E-state index contributed by atoms with van der Waals surface area (Å²) in [5, 5.41) is 10.5. The number of carboxylic acids is 1. The predicted molar refractivity (Wildman–Crippen MR) is 114 cm³/mol. The van der Waals surface area contributed by atoms with Crippen molar-refractivity contribution in [2.45, 2.75) is 0 Å². The van der Waals surface area contributed by atoms with Gasteiger partial charge in [0.2, 0.25) is 0 Å². The number of nitrogens with one attached hydrogen (secondary N) is 1. The van der Waals surface area contributed by atoms with Gasteiger partial charge in [-0.15, -0.1) is 0 Å². The summed E-state index contributed by atoms with van der Waals surface area (Å²) < 4.78 is 6.69. The molecule has 2 heterocycles. The van der Waals surface area contributed by atoms with Crippen molar-refractivity contribution in [2.24, 2.45) is 0 Å². The number of carboxylic acid groups (broad SMARTS) is 1. The van der Waals surface area contributed by atoms with Gasteiger partial charge in [-0.3, -0.25) is 15.0 Å². The number of nitrogens with zero attached hydrogens (tertiary/aromatic N) is 1. The molecule has 3 aromatic rings. The first kappa shape index (κ1) is 18.9. The van der Waals surface area contributed by atoms with Gasteiger partial charge < -0.3 is 9.52 Å². The molecule has 2 aromatic carbocycles. The first-order valence-electron chi connectivity index (χ1n) is 8.49. The minimum Gasteiger partial charge on any atom is -0.478 e. The Hall–Kier alpha value is -3.40. The molecule has 8 heteroatoms. The van der Waals surface area contributed by atoms with Crippen LogP contribution in [0.5, 0.6) is 0 Å². The number of hydrazine groups is 1. The fraction of sp³-hybridized carbons (Fsp3) is 0. The highest BCUT2D eigenvalue weighted by molar-refractivity contribution is 14.1. The monoisotopic (exact) mass is 500 g/mol. The van der Waals surface area contributed by atoms with Gasteiger partial charge in [-0.2, -0.15) is 0 Å². The molecule has 1 fully saturated rings. The van der Waals surface area contributed by atoms with Gasteiger partial charge in [0.15, 0.2) is 0 Å². The van der Waals surface area contributed by atoms with Crippen LogP contribution in [0.4, 0.5) is 5.69 Å². The Bertz CT molecular complexity index is 1160. The van der Waals surface area contributed by atoms with Gasteiger partial charge in [0.25, 0.3) is 11.8 Å². The van der Waals surface area contributed by atoms with Crippen molar-refractivity contribution in [1.29, 1.82) is 0 Å². The lowest BCUT2D eigenvalue weighted by molar-refractivity contribution is -0.117. The lowest BCUT2D eigenvalue weighted by Gasteiger charge is -2.14. The lowest BCUT2D eigenvalue weighted by Crippen LogP contribution is -2.35. The fourth-order valence-corrected chi connectivity index (χ4v) is 3.29. The van der Waals surface area contributed by atoms with E-state index in [1.54, 1.807) is 42.5 Å². The van der Waals surface area contributed by atoms with Crippen LogP contribution in [-0.4, -0.2) is 22.9 Å². The van der Waals surface area contributed by atoms with E-state index in [1.165, 1.54) is 17.2 Å². The zero-order valence-corrected chi connectivity index (χ0v) is 16.9. The normalized spacial score (nSPS) is 15.1. The number of anilines is 1. The van der Waals surface area contributed by atoms with Crippen molar-refractivity contribution in [1.82, 2.24) is 5.43 Å². The molecule has 2 amide bonds. The topological polar surface area (TPSA) is 99.9 Å². The van der Waals surface area contributed by atoms with Crippen LogP contribution < -0.4 is 10.4 Å². The van der Waals surface area contributed by atoms with Gasteiger partial charge in [0, 0.05) is 9.13 Å². The summed E-state index contributed by atoms with van der Waals surface area (Å²) in [5.41, 5.74) is 3.51. The number of amides is 2. The minimum absolute atomic E-state index is 0.0732. The SMILES string of the molecule is O=C1NN(c2ccc(I)cc2)C(=O)/C1=C/c1ccc(-c2ccccc2C(=O)O)o1. The van der Waals surface area contributed by atoms with Crippen molar-refractivity contribution in [3.8, 4) is 11.3 Å². The van der Waals surface area contributed by atoms with Gasteiger partial charge in [-0.05, 0) is 71.1 Å². The maximum absolute atomic E-state index is 12.7. The molecule has 1 aliphatic heterocycles. The van der Waals surface area contributed by atoms with Gasteiger partial charge in [-0.25, -0.2) is 9.80 Å². The molecule has 1 aliphatic rings. The van der Waals surface area contributed by atoms with Crippen LogP contribution in [0.1, 0.15) is 16.1 Å². The number of hydrogen-bond donors (Lipinski definition) is 2. The molecule has 29 heavy (non-hydrogen) atoms. The number of halogens is 1. The van der Waals surface area contributed by atoms with Crippen LogP contribution >= 0.6 is 22.6 Å². The molecule has 2 N–H and O–H groups in total. The van der Waals surface area contributed by atoms with E-state index < -0.39 is 17.8 Å². The van der Waals surface area contributed by atoms with Gasteiger partial charge in [0.05, 0.1) is 11.3 Å². The summed E-state index contributed by atoms with van der Waals surface area (Å²) in [6.07, 6.45) is 1.34. The van der Waals surface area contributed by atoms with E-state index in [1.807, 2.05) is 12.1 Å². The number of furan rings is 1. The average Bonchev–Trinajstić information content (AvgIpc) is 3.29. The molecule has 0 unspecified atom stereocenters. The van der Waals surface area contributed by atoms with Crippen LogP contribution in [0.3, 0.4) is 0 Å². The van der Waals surface area contributed by atoms with E-state index in [4.69, 9.17) is 4.42 Å². The zero-order valence-electron chi connectivity index (χ0n) is 14.8. The first-order valence-corrected chi connectivity index (χ1v) is 9.57. The van der Waals surface area contributed by atoms with Crippen molar-refractivity contribution >= 4 is 52.1 Å². The van der Waals surface area contributed by atoms with Crippen molar-refractivity contribution in [3.05, 3.63) is 81.1 Å². The van der Waals surface area contributed by atoms with Gasteiger partial charge in [-0.1, -0.05) is 18.2 Å². The molecule has 0 spiro atoms. The number of hydrogen-bond acceptors (Lipinski definition) is 4. The Labute approximate surface area is 178 Å². The smallest absolute Gasteiger partial charge is 0.336 e. The summed E-state index contributed by atoms with van der Waals surface area (Å²) in [5.74, 6) is -1.52. The van der Waals surface area contributed by atoms with Gasteiger partial charge >= 0.3 is 5.97 Å². The fourth-order valence-electron chi connectivity index (χ4n) is 2.93. The molecule has 4 rings (SSSR count). The van der Waals surface area contributed by atoms with E-state index in [9.17, 15) is 19.5 Å². The summed E-state index contributed by atoms with van der Waals surface area (Å²) in [4.78, 5) is 36.4. The van der Waals surface area contributed by atoms with E-state index in [0.29, 0.717) is 17.0 Å². The maximum Gasteiger partial charge on any atom is 0.336 e. The standard InChI is InChI=1S/C21H13IN2O5/c22-12-5-7-13(8-6-12)24-20(26)17(19(25)23-24)11-14-9-10-18(29-14)15-3-1-2-4-16(15)21(27)28/h1-11H,(H,23,25)(H,27,28)/b17-11+. The van der Waals surface area contributed by atoms with E-state index in [0.717, 1.165) is 3.57 Å². The third kappa shape index (κ3) is 3.66. The summed E-state index contributed by atoms with van der Waals surface area (Å²) in [7, 11) is 0. The third-order valence-corrected chi connectivity index (χ3v) is 5.03. The molecule has 0 atom stereocenters. The molecule has 7 nitrogen and oxygen atoms in total. The Morgan fingerprint density at radius 1 is 1.03 bits per heavy atom. The first-order chi connectivity index (χ1) is 13.9. The van der Waals surface area contributed by atoms with Crippen LogP contribution in [0.15, 0.2) is 70.7 Å². The molecular weight excluding hydrogens is 487 g/mol. The lowest BCUT2D eigenvalue weighted by atomic mass is 10.1. The number of benzene rings is 2. The van der Waals surface area contributed by atoms with Crippen LogP contribution in [0, 0.1) is 3.57 Å². The summed E-state index contributed by atoms with van der Waals surface area (Å²) >= 11 is 2.15. The van der Waals surface area contributed by atoms with E-state index in [2.05, 4.69) is 28.0 Å². The highest BCUT2D eigenvalue weighted by Crippen LogP contribution is 2.28. The second-order valence-electron chi connectivity index (χ2n) is 6.17. The zero-order chi connectivity index (χ0) is 20.5. The molecular formula is C21H13IN2O5. The van der Waals surface area contributed by atoms with Crippen LogP contribution in [-0.2, 0) is 9.59 Å². The molecule has 0 radical (unpaired) electrons. The second kappa shape index (κ2) is 7.55. The molecule has 0 aliphatic carbocycles. The minimum atomic E-state index is -1.07. The largest absolute Gasteiger partial charge is 0.478 e. The Kier molecular flexibility index (Phi) is 4.93. The highest BCUT2D eigenvalue weighted by atomic mass is 127. The molecule has 144 valence electrons. The van der Waals surface area contributed by atoms with Crippen LogP contribution in [0.25, 0.3) is 17.4 Å². The van der Waals surface area contributed by atoms with Crippen molar-refractivity contribution in [3.63, 3.8) is 0 Å². The molecule has 1 saturated heterocycles. The highest BCUT2D eigenvalue weighted by Gasteiger charge is 2.34. The van der Waals surface area contributed by atoms with Crippen molar-refractivity contribution in [2.75, 3.05) is 5.01 Å².